The average molecular weight is 544 g/mol. The monoisotopic (exact) mass is 543 g/mol. The van der Waals surface area contributed by atoms with Gasteiger partial charge in [-0.3, -0.25) is 0 Å². The molecule has 2 aromatic carbocycles. The first-order valence-corrected chi connectivity index (χ1v) is 14.4. The summed E-state index contributed by atoms with van der Waals surface area (Å²) >= 11 is 1.42. The van der Waals surface area contributed by atoms with E-state index in [4.69, 9.17) is 5.73 Å². The summed E-state index contributed by atoms with van der Waals surface area (Å²) in [6.07, 6.45) is 2.14. The molecular weight excluding hydrogens is 510 g/mol. The SMILES string of the molecule is CC(C)(C)NS(=O)(=O)c1cc(N)ccc1-c1cnc(N2CCC(N(Cc3ccccc3)C(=O)O)CC2)s1. The number of nitrogen functional groups attached to an aromatic ring is 1. The maximum absolute atomic E-state index is 13.1. The Morgan fingerprint density at radius 2 is 1.86 bits per heavy atom. The highest BCUT2D eigenvalue weighted by Crippen LogP contribution is 2.37. The number of anilines is 2. The number of aromatic nitrogens is 1. The van der Waals surface area contributed by atoms with Crippen LogP contribution >= 0.6 is 11.3 Å². The van der Waals surface area contributed by atoms with Gasteiger partial charge in [0.1, 0.15) is 0 Å². The standard InChI is InChI=1S/C26H33N5O4S2/c1-26(2,3)29-37(34,35)23-15-19(27)9-10-21(23)22-16-28-24(36-22)30-13-11-20(12-14-30)31(25(32)33)17-18-7-5-4-6-8-18/h4-10,15-16,20,29H,11-14,17,27H2,1-3H3,(H,32,33). The molecule has 1 aliphatic rings. The lowest BCUT2D eigenvalue weighted by Gasteiger charge is -2.37. The molecule has 4 rings (SSSR count). The first kappa shape index (κ1) is 26.9. The van der Waals surface area contributed by atoms with E-state index < -0.39 is 21.7 Å². The zero-order chi connectivity index (χ0) is 26.8. The summed E-state index contributed by atoms with van der Waals surface area (Å²) < 4.78 is 29.0. The lowest BCUT2D eigenvalue weighted by Crippen LogP contribution is -2.46. The maximum atomic E-state index is 13.1. The van der Waals surface area contributed by atoms with Crippen molar-refractivity contribution in [2.75, 3.05) is 23.7 Å². The fourth-order valence-electron chi connectivity index (χ4n) is 4.46. The number of hydrogen-bond acceptors (Lipinski definition) is 7. The van der Waals surface area contributed by atoms with E-state index in [1.54, 1.807) is 39.1 Å². The molecule has 1 aliphatic heterocycles. The van der Waals surface area contributed by atoms with Gasteiger partial charge in [0.2, 0.25) is 10.0 Å². The van der Waals surface area contributed by atoms with Crippen molar-refractivity contribution in [2.45, 2.75) is 56.6 Å². The molecule has 1 fully saturated rings. The van der Waals surface area contributed by atoms with Gasteiger partial charge in [-0.15, -0.1) is 0 Å². The quantitative estimate of drug-likeness (QED) is 0.371. The van der Waals surface area contributed by atoms with Crippen LogP contribution < -0.4 is 15.4 Å². The largest absolute Gasteiger partial charge is 0.465 e. The summed E-state index contributed by atoms with van der Waals surface area (Å²) in [5.74, 6) is 0. The van der Waals surface area contributed by atoms with E-state index in [0.717, 1.165) is 15.6 Å². The number of hydrogen-bond donors (Lipinski definition) is 3. The summed E-state index contributed by atoms with van der Waals surface area (Å²) in [6, 6.07) is 14.4. The van der Waals surface area contributed by atoms with Crippen molar-refractivity contribution in [3.63, 3.8) is 0 Å². The van der Waals surface area contributed by atoms with Crippen molar-refractivity contribution in [1.29, 1.82) is 0 Å². The fraction of sp³-hybridized carbons (Fsp3) is 0.385. The minimum atomic E-state index is -3.81. The molecule has 4 N–H and O–H groups in total. The molecule has 1 amide bonds. The van der Waals surface area contributed by atoms with Crippen LogP contribution in [0.3, 0.4) is 0 Å². The summed E-state index contributed by atoms with van der Waals surface area (Å²) in [4.78, 5) is 21.1. The van der Waals surface area contributed by atoms with Gasteiger partial charge in [-0.1, -0.05) is 47.7 Å². The Labute approximate surface area is 222 Å². The lowest BCUT2D eigenvalue weighted by molar-refractivity contribution is 0.111. The van der Waals surface area contributed by atoms with Crippen molar-refractivity contribution in [3.05, 3.63) is 60.3 Å². The van der Waals surface area contributed by atoms with Crippen LogP contribution in [0.2, 0.25) is 0 Å². The molecule has 0 radical (unpaired) electrons. The molecular formula is C26H33N5O4S2. The van der Waals surface area contributed by atoms with Crippen LogP contribution in [0.15, 0.2) is 59.6 Å². The second-order valence-electron chi connectivity index (χ2n) is 10.2. The van der Waals surface area contributed by atoms with Crippen molar-refractivity contribution in [1.82, 2.24) is 14.6 Å². The van der Waals surface area contributed by atoms with Gasteiger partial charge in [0.25, 0.3) is 0 Å². The van der Waals surface area contributed by atoms with E-state index in [0.29, 0.717) is 43.7 Å². The molecule has 3 aromatic rings. The highest BCUT2D eigenvalue weighted by molar-refractivity contribution is 7.89. The number of amides is 1. The Morgan fingerprint density at radius 1 is 1.19 bits per heavy atom. The summed E-state index contributed by atoms with van der Waals surface area (Å²) in [7, 11) is -3.81. The smallest absolute Gasteiger partial charge is 0.407 e. The van der Waals surface area contributed by atoms with Crippen LogP contribution in [0.1, 0.15) is 39.2 Å². The number of sulfonamides is 1. The third-order valence-electron chi connectivity index (χ3n) is 6.11. The number of thiazole rings is 1. The minimum absolute atomic E-state index is 0.0781. The summed E-state index contributed by atoms with van der Waals surface area (Å²) in [5.41, 5.74) is 7.17. The highest BCUT2D eigenvalue weighted by atomic mass is 32.2. The van der Waals surface area contributed by atoms with Crippen molar-refractivity contribution in [2.24, 2.45) is 0 Å². The topological polar surface area (TPSA) is 129 Å². The number of carboxylic acid groups (broad SMARTS) is 1. The number of carbonyl (C=O) groups is 1. The van der Waals surface area contributed by atoms with Gasteiger partial charge in [0.15, 0.2) is 5.13 Å². The van der Waals surface area contributed by atoms with Crippen LogP contribution in [-0.4, -0.2) is 54.2 Å². The number of nitrogens with zero attached hydrogens (tertiary/aromatic N) is 3. The Hall–Kier alpha value is -3.15. The molecule has 1 aromatic heterocycles. The van der Waals surface area contributed by atoms with E-state index in [2.05, 4.69) is 14.6 Å². The highest BCUT2D eigenvalue weighted by Gasteiger charge is 2.30. The second-order valence-corrected chi connectivity index (χ2v) is 12.9. The molecule has 0 bridgehead atoms. The predicted molar refractivity (Wildman–Crippen MR) is 147 cm³/mol. The number of benzene rings is 2. The predicted octanol–water partition coefficient (Wildman–Crippen LogP) is 4.62. The first-order valence-electron chi connectivity index (χ1n) is 12.1. The van der Waals surface area contributed by atoms with Crippen LogP contribution in [-0.2, 0) is 16.6 Å². The summed E-state index contributed by atoms with van der Waals surface area (Å²) in [6.45, 7) is 7.05. The molecule has 198 valence electrons. The molecule has 2 heterocycles. The Morgan fingerprint density at radius 3 is 2.49 bits per heavy atom. The van der Waals surface area contributed by atoms with Gasteiger partial charge in [-0.2, -0.15) is 0 Å². The molecule has 0 spiro atoms. The molecule has 0 aliphatic carbocycles. The van der Waals surface area contributed by atoms with Gasteiger partial charge >= 0.3 is 6.09 Å². The van der Waals surface area contributed by atoms with Gasteiger partial charge in [-0.05, 0) is 51.3 Å². The summed E-state index contributed by atoms with van der Waals surface area (Å²) in [5, 5.41) is 10.6. The Bertz CT molecular complexity index is 1340. The van der Waals surface area contributed by atoms with Crippen molar-refractivity contribution in [3.8, 4) is 10.4 Å². The Balaban J connectivity index is 1.50. The third-order valence-corrected chi connectivity index (χ3v) is 9.00. The maximum Gasteiger partial charge on any atom is 0.407 e. The lowest BCUT2D eigenvalue weighted by atomic mass is 10.0. The molecule has 0 saturated carbocycles. The van der Waals surface area contributed by atoms with E-state index in [-0.39, 0.29) is 10.9 Å². The zero-order valence-corrected chi connectivity index (χ0v) is 22.8. The molecule has 0 atom stereocenters. The number of nitrogens with one attached hydrogen (secondary N) is 1. The van der Waals surface area contributed by atoms with Crippen LogP contribution in [0, 0.1) is 0 Å². The van der Waals surface area contributed by atoms with Crippen LogP contribution in [0.25, 0.3) is 10.4 Å². The van der Waals surface area contributed by atoms with E-state index in [1.165, 1.54) is 22.3 Å². The number of nitrogens with two attached hydrogens (primary N) is 1. The molecule has 9 nitrogen and oxygen atoms in total. The number of piperidine rings is 1. The third kappa shape index (κ3) is 6.60. The minimum Gasteiger partial charge on any atom is -0.465 e. The van der Waals surface area contributed by atoms with E-state index in [1.807, 2.05) is 30.3 Å². The average Bonchev–Trinajstić information content (AvgIpc) is 3.32. The second kappa shape index (κ2) is 10.7. The van der Waals surface area contributed by atoms with Crippen LogP contribution in [0.5, 0.6) is 0 Å². The zero-order valence-electron chi connectivity index (χ0n) is 21.2. The van der Waals surface area contributed by atoms with Gasteiger partial charge in [0.05, 0.1) is 9.77 Å². The first-order chi connectivity index (χ1) is 17.4. The molecule has 0 unspecified atom stereocenters. The normalized spacial score (nSPS) is 15.1. The van der Waals surface area contributed by atoms with Gasteiger partial charge in [-0.25, -0.2) is 22.9 Å². The van der Waals surface area contributed by atoms with Crippen molar-refractivity contribution >= 4 is 38.3 Å². The van der Waals surface area contributed by atoms with E-state index in [9.17, 15) is 18.3 Å². The van der Waals surface area contributed by atoms with E-state index >= 15 is 0 Å². The molecule has 1 saturated heterocycles. The van der Waals surface area contributed by atoms with Gasteiger partial charge in [0, 0.05) is 48.7 Å². The fourth-order valence-corrected chi connectivity index (χ4v) is 7.21. The Kier molecular flexibility index (Phi) is 7.77. The van der Waals surface area contributed by atoms with Crippen LogP contribution in [0.4, 0.5) is 15.6 Å². The van der Waals surface area contributed by atoms with Gasteiger partial charge < -0.3 is 20.6 Å². The molecule has 37 heavy (non-hydrogen) atoms. The van der Waals surface area contributed by atoms with Crippen molar-refractivity contribution < 1.29 is 18.3 Å². The molecule has 11 heteroatoms. The number of rotatable bonds is 7.